The Morgan fingerprint density at radius 3 is 1.94 bits per heavy atom. The van der Waals surface area contributed by atoms with Crippen LogP contribution in [-0.4, -0.2) is 72.5 Å². The third-order valence-corrected chi connectivity index (χ3v) is 3.72. The molecule has 16 heavy (non-hydrogen) atoms. The number of carbonyl (C=O) groups is 2. The van der Waals surface area contributed by atoms with E-state index in [1.165, 1.54) is 0 Å². The molecule has 5 nitrogen and oxygen atoms in total. The summed E-state index contributed by atoms with van der Waals surface area (Å²) in [5.41, 5.74) is 0. The van der Waals surface area contributed by atoms with Gasteiger partial charge in [-0.25, -0.2) is 0 Å². The van der Waals surface area contributed by atoms with E-state index >= 15 is 0 Å². The van der Waals surface area contributed by atoms with Gasteiger partial charge < -0.3 is 14.5 Å². The highest BCUT2D eigenvalue weighted by molar-refractivity contribution is 7.99. The van der Waals surface area contributed by atoms with Gasteiger partial charge in [0.1, 0.15) is 0 Å². The van der Waals surface area contributed by atoms with Gasteiger partial charge in [-0.05, 0) is 0 Å². The Balaban J connectivity index is 1.89. The monoisotopic (exact) mass is 244 g/mol. The van der Waals surface area contributed by atoms with Gasteiger partial charge in [0, 0.05) is 37.7 Å². The number of thioether (sulfide) groups is 1. The predicted molar refractivity (Wildman–Crippen MR) is 61.3 cm³/mol. The van der Waals surface area contributed by atoms with Crippen LogP contribution in [0.4, 0.5) is 0 Å². The zero-order valence-corrected chi connectivity index (χ0v) is 10.0. The molecular weight excluding hydrogens is 228 g/mol. The van der Waals surface area contributed by atoms with Crippen LogP contribution in [0.25, 0.3) is 0 Å². The van der Waals surface area contributed by atoms with E-state index in [1.807, 2.05) is 11.8 Å². The molecule has 0 aromatic carbocycles. The molecule has 90 valence electrons. The lowest BCUT2D eigenvalue weighted by molar-refractivity contribution is -0.153. The van der Waals surface area contributed by atoms with Crippen molar-refractivity contribution in [2.24, 2.45) is 0 Å². The first-order chi connectivity index (χ1) is 7.79. The Morgan fingerprint density at radius 1 is 0.875 bits per heavy atom. The maximum Gasteiger partial charge on any atom is 0.312 e. The van der Waals surface area contributed by atoms with Crippen LogP contribution in [0, 0.1) is 0 Å². The second-order valence-corrected chi connectivity index (χ2v) is 5.03. The van der Waals surface area contributed by atoms with Crippen molar-refractivity contribution in [1.29, 1.82) is 0 Å². The summed E-state index contributed by atoms with van der Waals surface area (Å²) in [4.78, 5) is 27.0. The minimum Gasteiger partial charge on any atom is -0.378 e. The minimum absolute atomic E-state index is 0.345. The molecule has 0 aromatic heterocycles. The van der Waals surface area contributed by atoms with Crippen molar-refractivity contribution >= 4 is 23.6 Å². The van der Waals surface area contributed by atoms with Gasteiger partial charge in [0.25, 0.3) is 0 Å². The topological polar surface area (TPSA) is 49.9 Å². The summed E-state index contributed by atoms with van der Waals surface area (Å²) < 4.78 is 5.15. The number of morpholine rings is 1. The molecular formula is C10H16N2O3S. The predicted octanol–water partition coefficient (Wildman–Crippen LogP) is -0.579. The lowest BCUT2D eigenvalue weighted by Crippen LogP contribution is -2.50. The molecule has 0 unspecified atom stereocenters. The highest BCUT2D eigenvalue weighted by atomic mass is 32.2. The number of rotatable bonds is 0. The van der Waals surface area contributed by atoms with Gasteiger partial charge in [-0.2, -0.15) is 11.8 Å². The van der Waals surface area contributed by atoms with Crippen LogP contribution < -0.4 is 0 Å². The molecule has 0 bridgehead atoms. The molecule has 0 aliphatic carbocycles. The van der Waals surface area contributed by atoms with Crippen LogP contribution in [0.2, 0.25) is 0 Å². The highest BCUT2D eigenvalue weighted by Crippen LogP contribution is 2.10. The van der Waals surface area contributed by atoms with E-state index < -0.39 is 0 Å². The lowest BCUT2D eigenvalue weighted by atomic mass is 10.3. The Bertz CT molecular complexity index is 245. The molecule has 6 heteroatoms. The molecule has 2 aliphatic heterocycles. The van der Waals surface area contributed by atoms with Crippen LogP contribution >= 0.6 is 11.8 Å². The highest BCUT2D eigenvalue weighted by Gasteiger charge is 2.28. The summed E-state index contributed by atoms with van der Waals surface area (Å²) in [6.45, 7) is 3.53. The van der Waals surface area contributed by atoms with E-state index in [-0.39, 0.29) is 11.8 Å². The third kappa shape index (κ3) is 2.68. The van der Waals surface area contributed by atoms with Gasteiger partial charge in [0.15, 0.2) is 0 Å². The quantitative estimate of drug-likeness (QED) is 0.535. The largest absolute Gasteiger partial charge is 0.378 e. The summed E-state index contributed by atoms with van der Waals surface area (Å²) in [6.07, 6.45) is 0. The average molecular weight is 244 g/mol. The van der Waals surface area contributed by atoms with Gasteiger partial charge in [-0.15, -0.1) is 0 Å². The smallest absolute Gasteiger partial charge is 0.312 e. The van der Waals surface area contributed by atoms with Gasteiger partial charge in [0.2, 0.25) is 0 Å². The van der Waals surface area contributed by atoms with Crippen LogP contribution in [0.15, 0.2) is 0 Å². The molecule has 0 spiro atoms. The number of ether oxygens (including phenoxy) is 1. The fourth-order valence-electron chi connectivity index (χ4n) is 1.80. The van der Waals surface area contributed by atoms with E-state index in [4.69, 9.17) is 4.74 Å². The fourth-order valence-corrected chi connectivity index (χ4v) is 2.71. The zero-order valence-electron chi connectivity index (χ0n) is 9.18. The van der Waals surface area contributed by atoms with Crippen molar-refractivity contribution in [2.75, 3.05) is 50.9 Å². The summed E-state index contributed by atoms with van der Waals surface area (Å²) in [5, 5.41) is 0. The van der Waals surface area contributed by atoms with Crippen molar-refractivity contribution in [3.05, 3.63) is 0 Å². The van der Waals surface area contributed by atoms with Crippen molar-refractivity contribution < 1.29 is 14.3 Å². The normalized spacial score (nSPS) is 22.0. The van der Waals surface area contributed by atoms with Crippen LogP contribution in [0.1, 0.15) is 0 Å². The number of amides is 2. The fraction of sp³-hybridized carbons (Fsp3) is 0.800. The average Bonchev–Trinajstić information content (AvgIpc) is 2.39. The first-order valence-corrected chi connectivity index (χ1v) is 6.68. The Hall–Kier alpha value is -0.750. The number of hydrogen-bond donors (Lipinski definition) is 0. The molecule has 0 aromatic rings. The summed E-state index contributed by atoms with van der Waals surface area (Å²) in [6, 6.07) is 0. The van der Waals surface area contributed by atoms with Crippen molar-refractivity contribution in [2.45, 2.75) is 0 Å². The van der Waals surface area contributed by atoms with Crippen molar-refractivity contribution in [1.82, 2.24) is 9.80 Å². The van der Waals surface area contributed by atoms with E-state index in [0.717, 1.165) is 11.5 Å². The van der Waals surface area contributed by atoms with Crippen molar-refractivity contribution in [3.63, 3.8) is 0 Å². The van der Waals surface area contributed by atoms with Crippen LogP contribution in [0.3, 0.4) is 0 Å². The molecule has 0 N–H and O–H groups in total. The zero-order chi connectivity index (χ0) is 11.4. The molecule has 2 heterocycles. The minimum atomic E-state index is -0.366. The summed E-state index contributed by atoms with van der Waals surface area (Å²) in [5.74, 6) is 1.15. The van der Waals surface area contributed by atoms with Gasteiger partial charge in [-0.1, -0.05) is 0 Å². The molecule has 0 saturated carbocycles. The van der Waals surface area contributed by atoms with E-state index in [2.05, 4.69) is 0 Å². The van der Waals surface area contributed by atoms with Gasteiger partial charge in [-0.3, -0.25) is 9.59 Å². The van der Waals surface area contributed by atoms with Gasteiger partial charge >= 0.3 is 11.8 Å². The summed E-state index contributed by atoms with van der Waals surface area (Å²) >= 11 is 1.82. The molecule has 2 aliphatic rings. The first kappa shape index (κ1) is 11.7. The number of hydrogen-bond acceptors (Lipinski definition) is 4. The van der Waals surface area contributed by atoms with Crippen LogP contribution in [0.5, 0.6) is 0 Å². The van der Waals surface area contributed by atoms with Gasteiger partial charge in [0.05, 0.1) is 13.2 Å². The molecule has 0 radical (unpaired) electrons. The Kier molecular flexibility index (Phi) is 4.06. The van der Waals surface area contributed by atoms with E-state index in [0.29, 0.717) is 39.4 Å². The van der Waals surface area contributed by atoms with E-state index in [1.54, 1.807) is 9.80 Å². The molecule has 2 rings (SSSR count). The Labute approximate surface area is 99.1 Å². The van der Waals surface area contributed by atoms with Crippen molar-refractivity contribution in [3.8, 4) is 0 Å². The molecule has 0 atom stereocenters. The molecule has 2 saturated heterocycles. The summed E-state index contributed by atoms with van der Waals surface area (Å²) in [7, 11) is 0. The second kappa shape index (κ2) is 5.54. The second-order valence-electron chi connectivity index (χ2n) is 3.81. The maximum atomic E-state index is 11.9. The van der Waals surface area contributed by atoms with E-state index in [9.17, 15) is 9.59 Å². The number of nitrogens with zero attached hydrogens (tertiary/aromatic N) is 2. The maximum absolute atomic E-state index is 11.9. The third-order valence-electron chi connectivity index (χ3n) is 2.78. The Morgan fingerprint density at radius 2 is 1.38 bits per heavy atom. The standard InChI is InChI=1S/C10H16N2O3S/c13-9(11-1-5-15-6-2-11)10(14)12-3-7-16-8-4-12/h1-8H2. The SMILES string of the molecule is O=C(C(=O)N1CCSCC1)N1CCOCC1. The first-order valence-electron chi connectivity index (χ1n) is 5.53. The molecule has 2 amide bonds. The van der Waals surface area contributed by atoms with Crippen LogP contribution in [-0.2, 0) is 14.3 Å². The lowest BCUT2D eigenvalue weighted by Gasteiger charge is -2.30. The molecule has 2 fully saturated rings. The number of carbonyl (C=O) groups excluding carboxylic acids is 2.